The Kier molecular flexibility index (Phi) is 4.96. The van der Waals surface area contributed by atoms with E-state index in [0.29, 0.717) is 6.42 Å². The van der Waals surface area contributed by atoms with Crippen LogP contribution in [0.15, 0.2) is 30.4 Å². The lowest BCUT2D eigenvalue weighted by Gasteiger charge is -2.60. The smallest absolute Gasteiger partial charge is 0.190 e. The van der Waals surface area contributed by atoms with Crippen LogP contribution in [0, 0.1) is 34.5 Å². The lowest BCUT2D eigenvalue weighted by atomic mass is 9.45. The van der Waals surface area contributed by atoms with Crippen molar-refractivity contribution in [2.75, 3.05) is 6.61 Å². The highest BCUT2D eigenvalue weighted by atomic mass is 16.3. The van der Waals surface area contributed by atoms with Gasteiger partial charge in [0.1, 0.15) is 18.5 Å². The quantitative estimate of drug-likeness (QED) is 0.619. The zero-order valence-electron chi connectivity index (χ0n) is 20.6. The van der Waals surface area contributed by atoms with E-state index in [0.717, 1.165) is 42.8 Å². The van der Waals surface area contributed by atoms with Crippen molar-refractivity contribution in [1.29, 1.82) is 0 Å². The fourth-order valence-electron chi connectivity index (χ4n) is 8.82. The molecule has 186 valence electrons. The number of aromatic nitrogens is 4. The number of aliphatic hydroxyl groups excluding tert-OH is 2. The van der Waals surface area contributed by atoms with Crippen LogP contribution in [-0.4, -0.2) is 59.2 Å². The van der Waals surface area contributed by atoms with Crippen molar-refractivity contribution < 1.29 is 20.1 Å². The number of Topliss-reactive ketones (excluding diaryl/α,β-unsaturated/α-hetero) is 1. The summed E-state index contributed by atoms with van der Waals surface area (Å²) >= 11 is 0. The van der Waals surface area contributed by atoms with Gasteiger partial charge < -0.3 is 15.3 Å². The van der Waals surface area contributed by atoms with Gasteiger partial charge in [-0.25, -0.2) is 14.6 Å². The molecule has 0 unspecified atom stereocenters. The minimum atomic E-state index is -1.60. The molecule has 0 spiro atoms. The van der Waals surface area contributed by atoms with Gasteiger partial charge in [0, 0.05) is 17.7 Å². The minimum Gasteiger partial charge on any atom is -0.393 e. The maximum Gasteiger partial charge on any atom is 0.190 e. The SMILES string of the molecule is C[C@@H]1C[C@H]2[C@@H]3CCC4=Cc5c(cnn5-c5ccncn5)C[C@]4(C)[C@H]3[C@@H](O)C[C@]2(C)[C@@]1(O)C(=O)CO. The van der Waals surface area contributed by atoms with Gasteiger partial charge in [0.05, 0.1) is 18.0 Å². The first-order chi connectivity index (χ1) is 16.6. The molecule has 4 aliphatic rings. The summed E-state index contributed by atoms with van der Waals surface area (Å²) in [5.41, 5.74) is 0.944. The Morgan fingerprint density at radius 2 is 2.11 bits per heavy atom. The Labute approximate surface area is 205 Å². The largest absolute Gasteiger partial charge is 0.393 e. The van der Waals surface area contributed by atoms with E-state index < -0.39 is 29.5 Å². The predicted molar refractivity (Wildman–Crippen MR) is 128 cm³/mol. The van der Waals surface area contributed by atoms with Gasteiger partial charge in [-0.2, -0.15) is 5.10 Å². The van der Waals surface area contributed by atoms with Crippen molar-refractivity contribution in [3.63, 3.8) is 0 Å². The fraction of sp³-hybridized carbons (Fsp3) is 0.630. The van der Waals surface area contributed by atoms with Crippen LogP contribution >= 0.6 is 0 Å². The van der Waals surface area contributed by atoms with Gasteiger partial charge in [-0.3, -0.25) is 4.79 Å². The summed E-state index contributed by atoms with van der Waals surface area (Å²) in [6, 6.07) is 1.85. The van der Waals surface area contributed by atoms with Gasteiger partial charge in [0.2, 0.25) is 0 Å². The molecule has 0 aromatic carbocycles. The Morgan fingerprint density at radius 1 is 1.31 bits per heavy atom. The standard InChI is InChI=1S/C27H34N4O4/c1-15-8-19-18-5-4-17-9-20-16(12-30-31(20)23-6-7-28-14-29-23)10-25(17,2)24(18)21(33)11-26(19,3)27(15,35)22(34)13-32/h6-7,9,12,14-15,18-19,21,24,32-33,35H,4-5,8,10-11,13H2,1-3H3/t15-,18+,19+,21+,24-,25+,26+,27+/m1/s1. The summed E-state index contributed by atoms with van der Waals surface area (Å²) < 4.78 is 1.86. The van der Waals surface area contributed by atoms with E-state index in [1.807, 2.05) is 30.8 Å². The molecular weight excluding hydrogens is 444 g/mol. The van der Waals surface area contributed by atoms with Gasteiger partial charge in [-0.05, 0) is 72.8 Å². The van der Waals surface area contributed by atoms with E-state index in [1.165, 1.54) is 11.9 Å². The number of ketones is 1. The van der Waals surface area contributed by atoms with Gasteiger partial charge in [-0.15, -0.1) is 0 Å². The number of fused-ring (bicyclic) bond motifs is 6. The summed E-state index contributed by atoms with van der Waals surface area (Å²) in [6.45, 7) is 5.49. The highest BCUT2D eigenvalue weighted by molar-refractivity contribution is 5.90. The van der Waals surface area contributed by atoms with Crippen LogP contribution in [0.3, 0.4) is 0 Å². The summed E-state index contributed by atoms with van der Waals surface area (Å²) in [4.78, 5) is 21.2. The lowest BCUT2D eigenvalue weighted by molar-refractivity contribution is -0.186. The van der Waals surface area contributed by atoms with E-state index in [-0.39, 0.29) is 29.1 Å². The van der Waals surface area contributed by atoms with Crippen molar-refractivity contribution in [2.24, 2.45) is 34.5 Å². The van der Waals surface area contributed by atoms with Gasteiger partial charge in [0.15, 0.2) is 11.6 Å². The number of carbonyl (C=O) groups excluding carboxylic acids is 1. The molecule has 2 aromatic rings. The van der Waals surface area contributed by atoms with Gasteiger partial charge in [0.25, 0.3) is 0 Å². The average molecular weight is 479 g/mol. The number of nitrogens with zero attached hydrogens (tertiary/aromatic N) is 4. The first kappa shape index (κ1) is 23.0. The zero-order chi connectivity index (χ0) is 24.8. The highest BCUT2D eigenvalue weighted by Gasteiger charge is 2.70. The van der Waals surface area contributed by atoms with Crippen molar-refractivity contribution in [3.05, 3.63) is 41.6 Å². The Balaban J connectivity index is 1.39. The molecule has 0 bridgehead atoms. The molecule has 0 radical (unpaired) electrons. The third kappa shape index (κ3) is 2.84. The fourth-order valence-corrected chi connectivity index (χ4v) is 8.82. The number of allylic oxidation sites excluding steroid dienone is 1. The van der Waals surface area contributed by atoms with Crippen molar-refractivity contribution in [2.45, 2.75) is 64.6 Å². The summed E-state index contributed by atoms with van der Waals surface area (Å²) in [6.07, 6.45) is 10.5. The minimum absolute atomic E-state index is 0.0369. The second-order valence-electron chi connectivity index (χ2n) is 11.8. The molecule has 0 amide bonds. The van der Waals surface area contributed by atoms with E-state index in [4.69, 9.17) is 0 Å². The van der Waals surface area contributed by atoms with Crippen molar-refractivity contribution in [1.82, 2.24) is 19.7 Å². The Bertz CT molecular complexity index is 1210. The van der Waals surface area contributed by atoms with Crippen molar-refractivity contribution in [3.8, 4) is 5.82 Å². The summed E-state index contributed by atoms with van der Waals surface area (Å²) in [5, 5.41) is 37.6. The molecule has 6 rings (SSSR count). The summed E-state index contributed by atoms with van der Waals surface area (Å²) in [7, 11) is 0. The van der Waals surface area contributed by atoms with E-state index in [2.05, 4.69) is 28.1 Å². The normalized spacial score (nSPS) is 41.9. The molecule has 8 atom stereocenters. The highest BCUT2D eigenvalue weighted by Crippen LogP contribution is 2.68. The first-order valence-electron chi connectivity index (χ1n) is 12.7. The number of rotatable bonds is 3. The molecule has 4 aliphatic carbocycles. The van der Waals surface area contributed by atoms with Gasteiger partial charge >= 0.3 is 0 Å². The Hall–Kier alpha value is -2.42. The first-order valence-corrected chi connectivity index (χ1v) is 12.7. The predicted octanol–water partition coefficient (Wildman–Crippen LogP) is 2.35. The molecule has 8 nitrogen and oxygen atoms in total. The molecule has 0 saturated heterocycles. The maximum atomic E-state index is 12.8. The topological polar surface area (TPSA) is 121 Å². The van der Waals surface area contributed by atoms with Crippen molar-refractivity contribution >= 4 is 11.9 Å². The maximum absolute atomic E-state index is 12.8. The third-order valence-electron chi connectivity index (χ3n) is 10.4. The molecular formula is C27H34N4O4. The van der Waals surface area contributed by atoms with Crippen LogP contribution in [0.2, 0.25) is 0 Å². The van der Waals surface area contributed by atoms with E-state index in [1.54, 1.807) is 6.20 Å². The molecule has 2 aromatic heterocycles. The van der Waals surface area contributed by atoms with Crippen LogP contribution < -0.4 is 0 Å². The molecule has 3 fully saturated rings. The van der Waals surface area contributed by atoms with E-state index >= 15 is 0 Å². The van der Waals surface area contributed by atoms with E-state index in [9.17, 15) is 20.1 Å². The van der Waals surface area contributed by atoms with Gasteiger partial charge in [-0.1, -0.05) is 26.3 Å². The number of hydrogen-bond acceptors (Lipinski definition) is 7. The second kappa shape index (κ2) is 7.54. The molecule has 3 N–H and O–H groups in total. The van der Waals surface area contributed by atoms with Crippen LogP contribution in [0.25, 0.3) is 11.9 Å². The van der Waals surface area contributed by atoms with Crippen LogP contribution in [0.5, 0.6) is 0 Å². The summed E-state index contributed by atoms with van der Waals surface area (Å²) in [5.74, 6) is 0.327. The number of aliphatic hydroxyl groups is 3. The van der Waals surface area contributed by atoms with Crippen LogP contribution in [0.1, 0.15) is 57.7 Å². The molecule has 3 saturated carbocycles. The average Bonchev–Trinajstić information content (AvgIpc) is 3.33. The molecule has 35 heavy (non-hydrogen) atoms. The Morgan fingerprint density at radius 3 is 2.83 bits per heavy atom. The molecule has 0 aliphatic heterocycles. The second-order valence-corrected chi connectivity index (χ2v) is 11.8. The molecule has 8 heteroatoms. The van der Waals surface area contributed by atoms with Crippen LogP contribution in [-0.2, 0) is 11.2 Å². The lowest BCUT2D eigenvalue weighted by Crippen LogP contribution is -2.63. The number of carbonyl (C=O) groups is 1. The molecule has 2 heterocycles. The van der Waals surface area contributed by atoms with Crippen LogP contribution in [0.4, 0.5) is 0 Å². The number of hydrogen-bond donors (Lipinski definition) is 3. The third-order valence-corrected chi connectivity index (χ3v) is 10.4. The monoisotopic (exact) mass is 478 g/mol. The zero-order valence-corrected chi connectivity index (χ0v) is 20.6.